The molecule has 0 saturated carbocycles. The summed E-state index contributed by atoms with van der Waals surface area (Å²) in [5.74, 6) is -0.412. The predicted octanol–water partition coefficient (Wildman–Crippen LogP) is 2.90. The number of aromatic nitrogens is 2. The summed E-state index contributed by atoms with van der Waals surface area (Å²) in [4.78, 5) is 18.5. The molecule has 92 valence electrons. The topological polar surface area (TPSA) is 55.0 Å². The second-order valence-electron chi connectivity index (χ2n) is 3.75. The number of hydrogen-bond acceptors (Lipinski definition) is 4. The predicted molar refractivity (Wildman–Crippen MR) is 70.9 cm³/mol. The Balaban J connectivity index is 2.64. The summed E-state index contributed by atoms with van der Waals surface area (Å²) in [5.41, 5.74) is 2.58. The van der Waals surface area contributed by atoms with E-state index >= 15 is 0 Å². The summed E-state index contributed by atoms with van der Waals surface area (Å²) in [6, 6.07) is 9.65. The van der Waals surface area contributed by atoms with Gasteiger partial charge in [-0.25, -0.2) is 9.78 Å². The molecule has 2 rings (SSSR count). The third-order valence-corrected chi connectivity index (χ3v) is 2.99. The number of aromatic amines is 1. The first-order valence-electron chi connectivity index (χ1n) is 5.38. The third kappa shape index (κ3) is 2.31. The average molecular weight is 260 g/mol. The van der Waals surface area contributed by atoms with Gasteiger partial charge in [-0.3, -0.25) is 0 Å². The Kier molecular flexibility index (Phi) is 3.53. The van der Waals surface area contributed by atoms with Crippen LogP contribution in [0.1, 0.15) is 16.2 Å². The lowest BCUT2D eigenvalue weighted by molar-refractivity contribution is 0.0586. The number of carbonyl (C=O) groups is 1. The van der Waals surface area contributed by atoms with Gasteiger partial charge in [-0.15, -0.1) is 0 Å². The molecule has 1 heterocycles. The molecule has 18 heavy (non-hydrogen) atoms. The summed E-state index contributed by atoms with van der Waals surface area (Å²) in [5, 5.41) is 0. The molecule has 0 atom stereocenters. The number of hydrogen-bond donors (Lipinski definition) is 1. The van der Waals surface area contributed by atoms with E-state index < -0.39 is 5.97 Å². The van der Waals surface area contributed by atoms with Crippen molar-refractivity contribution >= 4 is 18.2 Å². The van der Waals surface area contributed by atoms with Crippen molar-refractivity contribution in [2.24, 2.45) is 0 Å². The first-order valence-corrected chi connectivity index (χ1v) is 5.79. The molecule has 0 spiro atoms. The van der Waals surface area contributed by atoms with Crippen LogP contribution in [0.3, 0.4) is 0 Å². The van der Waals surface area contributed by atoms with Crippen molar-refractivity contribution in [3.63, 3.8) is 0 Å². The molecule has 0 saturated heterocycles. The first-order chi connectivity index (χ1) is 8.63. The fourth-order valence-corrected chi connectivity index (χ4v) is 1.81. The molecule has 0 aliphatic rings. The molecular formula is C13H12N2O2S. The SMILES string of the molecule is COC(=O)c1nc(=S)c(C)c(-c2ccccc2)[nH]1. The molecule has 0 unspecified atom stereocenters. The maximum atomic E-state index is 11.5. The van der Waals surface area contributed by atoms with Crippen LogP contribution in [0, 0.1) is 11.6 Å². The number of methoxy groups -OCH3 is 1. The lowest BCUT2D eigenvalue weighted by Gasteiger charge is -2.08. The Labute approximate surface area is 110 Å². The largest absolute Gasteiger partial charge is 0.463 e. The summed E-state index contributed by atoms with van der Waals surface area (Å²) in [7, 11) is 1.31. The van der Waals surface area contributed by atoms with E-state index in [1.807, 2.05) is 37.3 Å². The highest BCUT2D eigenvalue weighted by Crippen LogP contribution is 2.21. The second kappa shape index (κ2) is 5.10. The number of rotatable bonds is 2. The highest BCUT2D eigenvalue weighted by molar-refractivity contribution is 7.71. The Morgan fingerprint density at radius 1 is 1.33 bits per heavy atom. The lowest BCUT2D eigenvalue weighted by Crippen LogP contribution is -2.09. The Morgan fingerprint density at radius 2 is 2.00 bits per heavy atom. The molecule has 0 aliphatic carbocycles. The Morgan fingerprint density at radius 3 is 2.61 bits per heavy atom. The van der Waals surface area contributed by atoms with Gasteiger partial charge in [-0.05, 0) is 12.5 Å². The summed E-state index contributed by atoms with van der Waals surface area (Å²) < 4.78 is 5.04. The van der Waals surface area contributed by atoms with E-state index in [4.69, 9.17) is 12.2 Å². The quantitative estimate of drug-likeness (QED) is 0.666. The van der Waals surface area contributed by atoms with Crippen LogP contribution < -0.4 is 0 Å². The minimum Gasteiger partial charge on any atom is -0.463 e. The summed E-state index contributed by atoms with van der Waals surface area (Å²) >= 11 is 5.16. The van der Waals surface area contributed by atoms with Gasteiger partial charge in [0.05, 0.1) is 12.8 Å². The zero-order valence-electron chi connectivity index (χ0n) is 10.1. The molecule has 0 aliphatic heterocycles. The van der Waals surface area contributed by atoms with Crippen LogP contribution in [-0.2, 0) is 4.74 Å². The van der Waals surface area contributed by atoms with Crippen molar-refractivity contribution in [1.29, 1.82) is 0 Å². The molecule has 5 heteroatoms. The van der Waals surface area contributed by atoms with Gasteiger partial charge in [0.2, 0.25) is 5.82 Å². The fourth-order valence-electron chi connectivity index (χ4n) is 1.62. The number of esters is 1. The second-order valence-corrected chi connectivity index (χ2v) is 4.13. The van der Waals surface area contributed by atoms with E-state index in [1.54, 1.807) is 0 Å². The zero-order valence-corrected chi connectivity index (χ0v) is 10.9. The molecule has 4 nitrogen and oxygen atoms in total. The lowest BCUT2D eigenvalue weighted by atomic mass is 10.1. The van der Waals surface area contributed by atoms with Crippen molar-refractivity contribution in [1.82, 2.24) is 9.97 Å². The van der Waals surface area contributed by atoms with E-state index in [-0.39, 0.29) is 5.82 Å². The van der Waals surface area contributed by atoms with Crippen LogP contribution in [0.15, 0.2) is 30.3 Å². The van der Waals surface area contributed by atoms with Gasteiger partial charge in [0, 0.05) is 5.56 Å². The standard InChI is InChI=1S/C13H12N2O2S/c1-8-10(9-6-4-3-5-7-9)14-11(13(16)17-2)15-12(8)18/h3-7H,1-2H3,(H,14,15,18). The minimum atomic E-state index is -0.529. The normalized spacial score (nSPS) is 10.1. The third-order valence-electron chi connectivity index (χ3n) is 2.59. The van der Waals surface area contributed by atoms with Crippen LogP contribution in [0.5, 0.6) is 0 Å². The zero-order chi connectivity index (χ0) is 13.1. The van der Waals surface area contributed by atoms with Crippen LogP contribution in [0.2, 0.25) is 0 Å². The van der Waals surface area contributed by atoms with Gasteiger partial charge in [-0.1, -0.05) is 42.5 Å². The van der Waals surface area contributed by atoms with E-state index in [0.29, 0.717) is 4.64 Å². The van der Waals surface area contributed by atoms with Crippen LogP contribution in [0.25, 0.3) is 11.3 Å². The van der Waals surface area contributed by atoms with E-state index in [1.165, 1.54) is 7.11 Å². The number of benzene rings is 1. The molecule has 0 radical (unpaired) electrons. The maximum Gasteiger partial charge on any atom is 0.374 e. The maximum absolute atomic E-state index is 11.5. The van der Waals surface area contributed by atoms with E-state index in [0.717, 1.165) is 16.8 Å². The number of nitrogens with zero attached hydrogens (tertiary/aromatic N) is 1. The van der Waals surface area contributed by atoms with Crippen LogP contribution in [-0.4, -0.2) is 23.0 Å². The number of ether oxygens (including phenoxy) is 1. The molecule has 0 fully saturated rings. The van der Waals surface area contributed by atoms with E-state index in [9.17, 15) is 4.79 Å². The molecular weight excluding hydrogens is 248 g/mol. The molecule has 1 aromatic heterocycles. The van der Waals surface area contributed by atoms with Crippen molar-refractivity contribution in [2.45, 2.75) is 6.92 Å². The van der Waals surface area contributed by atoms with Crippen molar-refractivity contribution in [2.75, 3.05) is 7.11 Å². The molecule has 1 aromatic carbocycles. The van der Waals surface area contributed by atoms with Crippen molar-refractivity contribution < 1.29 is 9.53 Å². The van der Waals surface area contributed by atoms with Gasteiger partial charge in [0.15, 0.2) is 0 Å². The van der Waals surface area contributed by atoms with Gasteiger partial charge in [0.25, 0.3) is 0 Å². The van der Waals surface area contributed by atoms with Crippen molar-refractivity contribution in [3.05, 3.63) is 46.4 Å². The summed E-state index contributed by atoms with van der Waals surface area (Å²) in [6.45, 7) is 1.87. The molecule has 1 N–H and O–H groups in total. The number of carbonyl (C=O) groups excluding carboxylic acids is 1. The summed E-state index contributed by atoms with van der Waals surface area (Å²) in [6.07, 6.45) is 0. The van der Waals surface area contributed by atoms with Gasteiger partial charge in [-0.2, -0.15) is 0 Å². The Bertz CT molecular complexity index is 635. The molecule has 0 bridgehead atoms. The monoisotopic (exact) mass is 260 g/mol. The van der Waals surface area contributed by atoms with Gasteiger partial charge in [0.1, 0.15) is 4.64 Å². The number of H-pyrrole nitrogens is 1. The average Bonchev–Trinajstić information content (AvgIpc) is 2.41. The number of nitrogens with one attached hydrogen (secondary N) is 1. The molecule has 0 amide bonds. The highest BCUT2D eigenvalue weighted by atomic mass is 32.1. The van der Waals surface area contributed by atoms with Crippen molar-refractivity contribution in [3.8, 4) is 11.3 Å². The van der Waals surface area contributed by atoms with Crippen LogP contribution >= 0.6 is 12.2 Å². The minimum absolute atomic E-state index is 0.118. The van der Waals surface area contributed by atoms with E-state index in [2.05, 4.69) is 14.7 Å². The fraction of sp³-hybridized carbons (Fsp3) is 0.154. The Hall–Kier alpha value is -2.01. The van der Waals surface area contributed by atoms with Gasteiger partial charge >= 0.3 is 5.97 Å². The first kappa shape index (κ1) is 12.4. The highest BCUT2D eigenvalue weighted by Gasteiger charge is 2.12. The van der Waals surface area contributed by atoms with Crippen LogP contribution in [0.4, 0.5) is 0 Å². The smallest absolute Gasteiger partial charge is 0.374 e. The van der Waals surface area contributed by atoms with Gasteiger partial charge < -0.3 is 9.72 Å². The molecule has 2 aromatic rings.